The largest absolute Gasteiger partial charge is 0.393 e. The molecule has 3 heteroatoms. The maximum Gasteiger partial charge on any atom is 0.155 e. The number of ketones is 2. The topological polar surface area (TPSA) is 54.4 Å². The maximum atomic E-state index is 13.0. The zero-order valence-corrected chi connectivity index (χ0v) is 13.6. The number of Topliss-reactive ketones (excluding diaryl/α,β-unsaturated/α-hetero) is 1. The lowest BCUT2D eigenvalue weighted by Crippen LogP contribution is -2.55. The molecular weight excluding hydrogens is 276 g/mol. The van der Waals surface area contributed by atoms with E-state index in [4.69, 9.17) is 0 Å². The number of rotatable bonds is 0. The molecule has 0 spiro atoms. The van der Waals surface area contributed by atoms with Gasteiger partial charge < -0.3 is 5.11 Å². The van der Waals surface area contributed by atoms with Gasteiger partial charge in [0.2, 0.25) is 0 Å². The van der Waals surface area contributed by atoms with Crippen molar-refractivity contribution >= 4 is 11.6 Å². The summed E-state index contributed by atoms with van der Waals surface area (Å²) in [7, 11) is 0. The first-order valence-electron chi connectivity index (χ1n) is 8.81. The number of hydrogen-bond donors (Lipinski definition) is 1. The Bertz CT molecular complexity index is 577. The van der Waals surface area contributed by atoms with Crippen LogP contribution in [-0.2, 0) is 9.59 Å². The van der Waals surface area contributed by atoms with E-state index in [2.05, 4.69) is 13.8 Å². The Kier molecular flexibility index (Phi) is 3.01. The molecule has 4 aliphatic rings. The predicted octanol–water partition coefficient (Wildman–Crippen LogP) is 3.06. The molecule has 6 atom stereocenters. The first-order chi connectivity index (χ1) is 10.4. The van der Waals surface area contributed by atoms with Crippen molar-refractivity contribution in [1.82, 2.24) is 0 Å². The molecule has 1 N–H and O–H groups in total. The molecule has 0 bridgehead atoms. The second kappa shape index (κ2) is 4.53. The third-order valence-corrected chi connectivity index (χ3v) is 7.60. The van der Waals surface area contributed by atoms with Crippen LogP contribution >= 0.6 is 0 Å². The summed E-state index contributed by atoms with van der Waals surface area (Å²) in [6.45, 7) is 4.34. The maximum absolute atomic E-state index is 13.0. The van der Waals surface area contributed by atoms with E-state index in [1.807, 2.05) is 6.08 Å². The van der Waals surface area contributed by atoms with Gasteiger partial charge in [0.05, 0.1) is 6.10 Å². The summed E-state index contributed by atoms with van der Waals surface area (Å²) in [5.41, 5.74) is 0.906. The number of carbonyl (C=O) groups is 2. The van der Waals surface area contributed by atoms with Gasteiger partial charge in [0, 0.05) is 24.2 Å². The highest BCUT2D eigenvalue weighted by Crippen LogP contribution is 2.64. The average molecular weight is 302 g/mol. The fraction of sp³-hybridized carbons (Fsp3) is 0.789. The second-order valence-electron chi connectivity index (χ2n) is 8.58. The highest BCUT2D eigenvalue weighted by molar-refractivity contribution is 5.93. The summed E-state index contributed by atoms with van der Waals surface area (Å²) in [6.07, 6.45) is 7.33. The zero-order valence-electron chi connectivity index (χ0n) is 13.6. The average Bonchev–Trinajstić information content (AvgIpc) is 2.75. The van der Waals surface area contributed by atoms with Crippen molar-refractivity contribution in [3.8, 4) is 0 Å². The Morgan fingerprint density at radius 2 is 1.91 bits per heavy atom. The third-order valence-electron chi connectivity index (χ3n) is 7.60. The van der Waals surface area contributed by atoms with E-state index in [9.17, 15) is 14.7 Å². The Morgan fingerprint density at radius 3 is 2.68 bits per heavy atom. The van der Waals surface area contributed by atoms with Gasteiger partial charge >= 0.3 is 0 Å². The highest BCUT2D eigenvalue weighted by atomic mass is 16.3. The van der Waals surface area contributed by atoms with Crippen molar-refractivity contribution < 1.29 is 14.7 Å². The lowest BCUT2D eigenvalue weighted by molar-refractivity contribution is -0.148. The molecule has 120 valence electrons. The van der Waals surface area contributed by atoms with Crippen molar-refractivity contribution in [2.75, 3.05) is 0 Å². The minimum atomic E-state index is -0.319. The number of carbonyl (C=O) groups excluding carboxylic acids is 2. The van der Waals surface area contributed by atoms with Crippen molar-refractivity contribution in [1.29, 1.82) is 0 Å². The number of fused-ring (bicyclic) bond motifs is 5. The van der Waals surface area contributed by atoms with E-state index in [1.54, 1.807) is 0 Å². The molecule has 0 radical (unpaired) electrons. The molecule has 0 aromatic carbocycles. The van der Waals surface area contributed by atoms with Crippen LogP contribution < -0.4 is 0 Å². The fourth-order valence-corrected chi connectivity index (χ4v) is 6.36. The van der Waals surface area contributed by atoms with E-state index < -0.39 is 0 Å². The monoisotopic (exact) mass is 302 g/mol. The van der Waals surface area contributed by atoms with Gasteiger partial charge in [0.15, 0.2) is 5.78 Å². The van der Waals surface area contributed by atoms with E-state index in [0.29, 0.717) is 30.5 Å². The lowest BCUT2D eigenvalue weighted by Gasteiger charge is -2.56. The van der Waals surface area contributed by atoms with Gasteiger partial charge in [-0.15, -0.1) is 0 Å². The van der Waals surface area contributed by atoms with E-state index in [0.717, 1.165) is 32.1 Å². The van der Waals surface area contributed by atoms with Gasteiger partial charge in [0.25, 0.3) is 0 Å². The van der Waals surface area contributed by atoms with Crippen LogP contribution in [0.15, 0.2) is 11.6 Å². The van der Waals surface area contributed by atoms with Crippen LogP contribution in [0.25, 0.3) is 0 Å². The Morgan fingerprint density at radius 1 is 1.14 bits per heavy atom. The summed E-state index contributed by atoms with van der Waals surface area (Å²) in [4.78, 5) is 24.8. The molecule has 0 aliphatic heterocycles. The molecule has 4 rings (SSSR count). The van der Waals surface area contributed by atoms with Gasteiger partial charge in [-0.1, -0.05) is 19.4 Å². The molecule has 3 saturated carbocycles. The summed E-state index contributed by atoms with van der Waals surface area (Å²) in [6, 6.07) is 0. The second-order valence-corrected chi connectivity index (χ2v) is 8.58. The van der Waals surface area contributed by atoms with E-state index >= 15 is 0 Å². The van der Waals surface area contributed by atoms with Crippen LogP contribution in [0.2, 0.25) is 0 Å². The first kappa shape index (κ1) is 14.6. The van der Waals surface area contributed by atoms with Crippen molar-refractivity contribution in [3.05, 3.63) is 11.6 Å². The van der Waals surface area contributed by atoms with Crippen molar-refractivity contribution in [2.45, 2.75) is 64.9 Å². The molecule has 0 saturated heterocycles. The smallest absolute Gasteiger partial charge is 0.155 e. The zero-order chi connectivity index (χ0) is 15.7. The highest BCUT2D eigenvalue weighted by Gasteiger charge is 2.61. The molecule has 3 nitrogen and oxygen atoms in total. The summed E-state index contributed by atoms with van der Waals surface area (Å²) < 4.78 is 0. The molecule has 0 unspecified atom stereocenters. The SMILES string of the molecule is C[C@@]12CC(=O)[C@@H]3[C@H](CCC4=CC(=O)CC[C@@]43C)[C@H]1CC[C@@H]2O. The third kappa shape index (κ3) is 1.72. The molecule has 4 aliphatic carbocycles. The van der Waals surface area contributed by atoms with Crippen LogP contribution in [0.1, 0.15) is 58.8 Å². The first-order valence-corrected chi connectivity index (χ1v) is 8.81. The standard InChI is InChI=1S/C19H26O3/c1-18-8-7-12(20)9-11(18)3-4-13-14-5-6-16(22)19(14,2)10-15(21)17(13)18/h9,13-14,16-17,22H,3-8,10H2,1-2H3/t13-,14-,16+,17+,18+,19-/m1/s1. The van der Waals surface area contributed by atoms with E-state index in [-0.39, 0.29) is 28.6 Å². The van der Waals surface area contributed by atoms with Crippen LogP contribution in [0.5, 0.6) is 0 Å². The number of aliphatic hydroxyl groups excluding tert-OH is 1. The van der Waals surface area contributed by atoms with Gasteiger partial charge in [-0.2, -0.15) is 0 Å². The molecule has 0 heterocycles. The van der Waals surface area contributed by atoms with Crippen molar-refractivity contribution in [2.24, 2.45) is 28.6 Å². The van der Waals surface area contributed by atoms with Gasteiger partial charge in [-0.3, -0.25) is 9.59 Å². The van der Waals surface area contributed by atoms with Gasteiger partial charge in [0.1, 0.15) is 5.78 Å². The molecular formula is C19H26O3. The number of aliphatic hydroxyl groups is 1. The summed E-state index contributed by atoms with van der Waals surface area (Å²) in [5.74, 6) is 1.52. The predicted molar refractivity (Wildman–Crippen MR) is 83.1 cm³/mol. The van der Waals surface area contributed by atoms with Crippen LogP contribution in [0.3, 0.4) is 0 Å². The van der Waals surface area contributed by atoms with Crippen LogP contribution in [-0.4, -0.2) is 22.8 Å². The molecule has 3 fully saturated rings. The number of allylic oxidation sites excluding steroid dienone is 1. The molecule has 0 aromatic rings. The Labute approximate surface area is 132 Å². The Balaban J connectivity index is 1.76. The lowest BCUT2D eigenvalue weighted by atomic mass is 9.47. The fourth-order valence-electron chi connectivity index (χ4n) is 6.36. The molecule has 22 heavy (non-hydrogen) atoms. The van der Waals surface area contributed by atoms with Crippen molar-refractivity contribution in [3.63, 3.8) is 0 Å². The number of hydrogen-bond acceptors (Lipinski definition) is 3. The minimum absolute atomic E-state index is 0.0731. The van der Waals surface area contributed by atoms with Crippen LogP contribution in [0.4, 0.5) is 0 Å². The molecule has 0 aromatic heterocycles. The molecule has 0 amide bonds. The van der Waals surface area contributed by atoms with Crippen LogP contribution in [0, 0.1) is 28.6 Å². The summed E-state index contributed by atoms with van der Waals surface area (Å²) in [5, 5.41) is 10.4. The quantitative estimate of drug-likeness (QED) is 0.748. The van der Waals surface area contributed by atoms with E-state index in [1.165, 1.54) is 5.57 Å². The van der Waals surface area contributed by atoms with Gasteiger partial charge in [-0.05, 0) is 55.4 Å². The summed E-state index contributed by atoms with van der Waals surface area (Å²) >= 11 is 0. The normalized spacial score (nSPS) is 51.0. The van der Waals surface area contributed by atoms with Gasteiger partial charge in [-0.25, -0.2) is 0 Å². The minimum Gasteiger partial charge on any atom is -0.393 e. The Hall–Kier alpha value is -0.960.